The number of carbonyl (C=O) groups excluding carboxylic acids is 2. The van der Waals surface area contributed by atoms with E-state index in [1.165, 1.54) is 24.3 Å². The first-order valence-corrected chi connectivity index (χ1v) is 10.7. The Bertz CT molecular complexity index is 1130. The Morgan fingerprint density at radius 3 is 2.33 bits per heavy atom. The first kappa shape index (κ1) is 23.8. The lowest BCUT2D eigenvalue weighted by Crippen LogP contribution is -2.43. The maximum absolute atomic E-state index is 14.3. The van der Waals surface area contributed by atoms with E-state index in [1.807, 2.05) is 0 Å². The van der Waals surface area contributed by atoms with Crippen molar-refractivity contribution in [3.05, 3.63) is 68.2 Å². The number of hydrogen-bond acceptors (Lipinski definition) is 4. The summed E-state index contributed by atoms with van der Waals surface area (Å²) in [6.45, 7) is -0.545. The molecule has 2 aliphatic heterocycles. The van der Waals surface area contributed by atoms with Crippen LogP contribution in [-0.4, -0.2) is 42.9 Å². The highest BCUT2D eigenvalue weighted by Crippen LogP contribution is 2.49. The molecule has 2 unspecified atom stereocenters. The summed E-state index contributed by atoms with van der Waals surface area (Å²) in [5.74, 6) is -0.984. The molecule has 33 heavy (non-hydrogen) atoms. The molecule has 174 valence electrons. The van der Waals surface area contributed by atoms with Crippen LogP contribution in [0.25, 0.3) is 0 Å². The maximum Gasteiger partial charge on any atom is 0.400 e. The van der Waals surface area contributed by atoms with Gasteiger partial charge >= 0.3 is 6.18 Å². The van der Waals surface area contributed by atoms with E-state index >= 15 is 0 Å². The Balaban J connectivity index is 1.56. The van der Waals surface area contributed by atoms with Crippen molar-refractivity contribution in [3.63, 3.8) is 0 Å². The molecule has 6 nitrogen and oxygen atoms in total. The summed E-state index contributed by atoms with van der Waals surface area (Å²) >= 11 is 17.9. The second-order valence-corrected chi connectivity index (χ2v) is 8.85. The summed E-state index contributed by atoms with van der Waals surface area (Å²) in [6.07, 6.45) is -5.07. The number of alkyl halides is 3. The van der Waals surface area contributed by atoms with Crippen molar-refractivity contribution in [1.82, 2.24) is 10.8 Å². The Labute approximate surface area is 201 Å². The van der Waals surface area contributed by atoms with Crippen molar-refractivity contribution in [2.75, 3.05) is 13.2 Å². The average Bonchev–Trinajstić information content (AvgIpc) is 3.39. The number of benzene rings is 2. The normalized spacial score (nSPS) is 22.8. The van der Waals surface area contributed by atoms with Gasteiger partial charge in [0.05, 0.1) is 21.6 Å². The number of amides is 2. The van der Waals surface area contributed by atoms with Crippen LogP contribution in [-0.2, 0) is 15.0 Å². The number of hydrogen-bond donors (Lipinski definition) is 2. The molecule has 1 fully saturated rings. The Hall–Kier alpha value is -2.33. The first-order chi connectivity index (χ1) is 15.5. The van der Waals surface area contributed by atoms with Crippen LogP contribution in [0.4, 0.5) is 13.2 Å². The standard InChI is InChI=1S/C21H15Cl3F3N3O3/c22-13-5-12(6-14(23)17(13)24)20(21(25,26)27)7-15(28-9-20)10-1-3-11(4-2-10)18(31)29-16-8-33-30-19(16)32/h1-6,16H,7-9H2,(H,29,31)(H,30,32). The minimum atomic E-state index is -4.64. The minimum absolute atomic E-state index is 0.00226. The number of aliphatic imine (C=N–C) groups is 1. The summed E-state index contributed by atoms with van der Waals surface area (Å²) in [6, 6.07) is 7.42. The van der Waals surface area contributed by atoms with Gasteiger partial charge in [-0.1, -0.05) is 46.9 Å². The minimum Gasteiger partial charge on any atom is -0.338 e. The Morgan fingerprint density at radius 2 is 1.79 bits per heavy atom. The van der Waals surface area contributed by atoms with E-state index in [4.69, 9.17) is 39.6 Å². The molecule has 2 amide bonds. The van der Waals surface area contributed by atoms with Crippen LogP contribution < -0.4 is 10.8 Å². The van der Waals surface area contributed by atoms with Crippen LogP contribution in [0.3, 0.4) is 0 Å². The highest BCUT2D eigenvalue weighted by Gasteiger charge is 2.58. The van der Waals surface area contributed by atoms with Gasteiger partial charge in [-0.05, 0) is 35.4 Å². The fourth-order valence-corrected chi connectivity index (χ4v) is 4.30. The van der Waals surface area contributed by atoms with Gasteiger partial charge in [-0.3, -0.25) is 19.4 Å². The van der Waals surface area contributed by atoms with E-state index in [2.05, 4.69) is 15.8 Å². The molecule has 2 heterocycles. The molecule has 2 aliphatic rings. The molecule has 1 saturated heterocycles. The second-order valence-electron chi connectivity index (χ2n) is 7.65. The van der Waals surface area contributed by atoms with Crippen LogP contribution >= 0.6 is 34.8 Å². The van der Waals surface area contributed by atoms with Gasteiger partial charge in [0, 0.05) is 17.7 Å². The Kier molecular flexibility index (Phi) is 6.34. The van der Waals surface area contributed by atoms with Crippen LogP contribution in [0.1, 0.15) is 27.9 Å². The molecule has 4 rings (SSSR count). The summed E-state index contributed by atoms with van der Waals surface area (Å²) in [5, 5.41) is 2.34. The van der Waals surface area contributed by atoms with Gasteiger partial charge < -0.3 is 5.32 Å². The third kappa shape index (κ3) is 4.42. The monoisotopic (exact) mass is 519 g/mol. The molecule has 0 bridgehead atoms. The molecule has 2 atom stereocenters. The van der Waals surface area contributed by atoms with Gasteiger partial charge in [0.15, 0.2) is 0 Å². The Morgan fingerprint density at radius 1 is 1.15 bits per heavy atom. The number of nitrogens with one attached hydrogen (secondary N) is 2. The van der Waals surface area contributed by atoms with Crippen LogP contribution in [0, 0.1) is 0 Å². The smallest absolute Gasteiger partial charge is 0.338 e. The van der Waals surface area contributed by atoms with Gasteiger partial charge in [0.2, 0.25) is 0 Å². The van der Waals surface area contributed by atoms with Crippen molar-refractivity contribution in [1.29, 1.82) is 0 Å². The topological polar surface area (TPSA) is 79.8 Å². The zero-order valence-electron chi connectivity index (χ0n) is 16.6. The molecule has 12 heteroatoms. The van der Waals surface area contributed by atoms with E-state index in [1.54, 1.807) is 0 Å². The third-order valence-corrected chi connectivity index (χ3v) is 6.81. The SMILES string of the molecule is O=C(NC1CONC1=O)c1ccc(C2=NCC(c3cc(Cl)c(Cl)c(Cl)c3)(C(F)(F)F)C2)cc1. The van der Waals surface area contributed by atoms with Gasteiger partial charge in [0.25, 0.3) is 11.8 Å². The van der Waals surface area contributed by atoms with Crippen LogP contribution in [0.2, 0.25) is 15.1 Å². The molecular formula is C21H15Cl3F3N3O3. The molecule has 0 radical (unpaired) electrons. The summed E-state index contributed by atoms with van der Waals surface area (Å²) in [4.78, 5) is 32.7. The lowest BCUT2D eigenvalue weighted by atomic mass is 9.76. The van der Waals surface area contributed by atoms with E-state index < -0.39 is 42.4 Å². The number of nitrogens with zero attached hydrogens (tertiary/aromatic N) is 1. The van der Waals surface area contributed by atoms with Crippen molar-refractivity contribution >= 4 is 52.3 Å². The van der Waals surface area contributed by atoms with Gasteiger partial charge in [-0.25, -0.2) is 5.48 Å². The van der Waals surface area contributed by atoms with Crippen molar-refractivity contribution < 1.29 is 27.6 Å². The van der Waals surface area contributed by atoms with Gasteiger partial charge in [-0.2, -0.15) is 13.2 Å². The highest BCUT2D eigenvalue weighted by atomic mass is 35.5. The molecule has 2 N–H and O–H groups in total. The van der Waals surface area contributed by atoms with E-state index in [0.717, 1.165) is 12.1 Å². The average molecular weight is 521 g/mol. The van der Waals surface area contributed by atoms with Gasteiger partial charge in [0.1, 0.15) is 18.1 Å². The molecule has 0 aromatic heterocycles. The fraction of sp³-hybridized carbons (Fsp3) is 0.286. The third-order valence-electron chi connectivity index (χ3n) is 5.61. The predicted octanol–water partition coefficient (Wildman–Crippen LogP) is 4.50. The fourth-order valence-electron chi connectivity index (χ4n) is 3.71. The number of hydroxylamine groups is 1. The largest absolute Gasteiger partial charge is 0.400 e. The summed E-state index contributed by atoms with van der Waals surface area (Å²) in [7, 11) is 0. The van der Waals surface area contributed by atoms with E-state index in [-0.39, 0.29) is 38.5 Å². The van der Waals surface area contributed by atoms with Crippen LogP contribution in [0.5, 0.6) is 0 Å². The maximum atomic E-state index is 14.3. The molecule has 2 aromatic rings. The molecule has 0 saturated carbocycles. The van der Waals surface area contributed by atoms with E-state index in [0.29, 0.717) is 5.56 Å². The zero-order chi connectivity index (χ0) is 24.0. The number of halogens is 6. The summed E-state index contributed by atoms with van der Waals surface area (Å²) in [5.41, 5.74) is 0.588. The van der Waals surface area contributed by atoms with Crippen molar-refractivity contribution in [2.24, 2.45) is 4.99 Å². The first-order valence-electron chi connectivity index (χ1n) is 9.60. The molecule has 2 aromatic carbocycles. The second kappa shape index (κ2) is 8.79. The lowest BCUT2D eigenvalue weighted by molar-refractivity contribution is -0.183. The molecule has 0 aliphatic carbocycles. The number of rotatable bonds is 4. The summed E-state index contributed by atoms with van der Waals surface area (Å²) < 4.78 is 42.8. The molecule has 0 spiro atoms. The van der Waals surface area contributed by atoms with Gasteiger partial charge in [-0.15, -0.1) is 0 Å². The molecular weight excluding hydrogens is 506 g/mol. The van der Waals surface area contributed by atoms with Crippen molar-refractivity contribution in [2.45, 2.75) is 24.1 Å². The zero-order valence-corrected chi connectivity index (χ0v) is 18.9. The number of carbonyl (C=O) groups is 2. The van der Waals surface area contributed by atoms with Crippen LogP contribution in [0.15, 0.2) is 41.4 Å². The van der Waals surface area contributed by atoms with E-state index in [9.17, 15) is 22.8 Å². The quantitative estimate of drug-likeness (QED) is 0.583. The van der Waals surface area contributed by atoms with Crippen molar-refractivity contribution in [3.8, 4) is 0 Å². The highest BCUT2D eigenvalue weighted by molar-refractivity contribution is 6.48. The predicted molar refractivity (Wildman–Crippen MR) is 117 cm³/mol. The lowest BCUT2D eigenvalue weighted by Gasteiger charge is -2.32.